The standard InChI is InChI=1S/C16H16N4/c1-20(11-12-6-2-3-7-13(12)17)16-10-18-14-8-4-5-9-15(14)19-16/h2-10H,11,17H2,1H3. The molecule has 2 aromatic carbocycles. The van der Waals surface area contributed by atoms with Crippen LogP contribution >= 0.6 is 0 Å². The lowest BCUT2D eigenvalue weighted by molar-refractivity contribution is 0.899. The van der Waals surface area contributed by atoms with Gasteiger partial charge in [0.05, 0.1) is 17.2 Å². The van der Waals surface area contributed by atoms with Gasteiger partial charge in [0.25, 0.3) is 0 Å². The lowest BCUT2D eigenvalue weighted by Gasteiger charge is -2.19. The van der Waals surface area contributed by atoms with Crippen molar-refractivity contribution in [1.29, 1.82) is 0 Å². The van der Waals surface area contributed by atoms with E-state index < -0.39 is 0 Å². The van der Waals surface area contributed by atoms with Gasteiger partial charge in [-0.15, -0.1) is 0 Å². The molecule has 20 heavy (non-hydrogen) atoms. The summed E-state index contributed by atoms with van der Waals surface area (Å²) in [5.74, 6) is 0.840. The van der Waals surface area contributed by atoms with Crippen molar-refractivity contribution in [2.45, 2.75) is 6.54 Å². The number of hydrogen-bond donors (Lipinski definition) is 1. The number of nitrogen functional groups attached to an aromatic ring is 1. The van der Waals surface area contributed by atoms with E-state index in [1.807, 2.05) is 60.5 Å². The van der Waals surface area contributed by atoms with Gasteiger partial charge in [0.1, 0.15) is 5.82 Å². The first-order valence-electron chi connectivity index (χ1n) is 6.50. The van der Waals surface area contributed by atoms with E-state index in [9.17, 15) is 0 Å². The average molecular weight is 264 g/mol. The molecule has 4 heteroatoms. The molecular weight excluding hydrogens is 248 g/mol. The van der Waals surface area contributed by atoms with Gasteiger partial charge < -0.3 is 10.6 Å². The SMILES string of the molecule is CN(Cc1ccccc1N)c1cnc2ccccc2n1. The fourth-order valence-corrected chi connectivity index (χ4v) is 2.15. The number of benzene rings is 2. The molecule has 3 aromatic rings. The largest absolute Gasteiger partial charge is 0.398 e. The van der Waals surface area contributed by atoms with Crippen LogP contribution in [-0.2, 0) is 6.54 Å². The number of para-hydroxylation sites is 3. The van der Waals surface area contributed by atoms with Gasteiger partial charge in [-0.1, -0.05) is 30.3 Å². The molecule has 2 N–H and O–H groups in total. The monoisotopic (exact) mass is 264 g/mol. The molecule has 0 spiro atoms. The van der Waals surface area contributed by atoms with Gasteiger partial charge >= 0.3 is 0 Å². The van der Waals surface area contributed by atoms with Crippen molar-refractivity contribution >= 4 is 22.5 Å². The first-order chi connectivity index (χ1) is 9.74. The third-order valence-electron chi connectivity index (χ3n) is 3.29. The Morgan fingerprint density at radius 3 is 2.50 bits per heavy atom. The molecule has 1 heterocycles. The first-order valence-corrected chi connectivity index (χ1v) is 6.50. The molecule has 0 aliphatic rings. The number of nitrogens with zero attached hydrogens (tertiary/aromatic N) is 3. The van der Waals surface area contributed by atoms with Gasteiger partial charge in [-0.2, -0.15) is 0 Å². The van der Waals surface area contributed by atoms with Crippen LogP contribution in [0.1, 0.15) is 5.56 Å². The van der Waals surface area contributed by atoms with E-state index in [1.165, 1.54) is 0 Å². The predicted octanol–water partition coefficient (Wildman–Crippen LogP) is 2.85. The van der Waals surface area contributed by atoms with E-state index in [2.05, 4.69) is 9.97 Å². The third-order valence-corrected chi connectivity index (χ3v) is 3.29. The molecule has 0 amide bonds. The summed E-state index contributed by atoms with van der Waals surface area (Å²) in [6.45, 7) is 0.708. The van der Waals surface area contributed by atoms with Crippen molar-refractivity contribution in [2.75, 3.05) is 17.7 Å². The summed E-state index contributed by atoms with van der Waals surface area (Å²) in [6.07, 6.45) is 1.79. The number of nitrogens with two attached hydrogens (primary N) is 1. The molecule has 4 nitrogen and oxygen atoms in total. The van der Waals surface area contributed by atoms with Crippen molar-refractivity contribution in [3.8, 4) is 0 Å². The highest BCUT2D eigenvalue weighted by Crippen LogP contribution is 2.18. The van der Waals surface area contributed by atoms with Crippen LogP contribution in [0.4, 0.5) is 11.5 Å². The molecule has 0 aliphatic heterocycles. The number of hydrogen-bond acceptors (Lipinski definition) is 4. The predicted molar refractivity (Wildman–Crippen MR) is 82.5 cm³/mol. The van der Waals surface area contributed by atoms with E-state index in [-0.39, 0.29) is 0 Å². The zero-order valence-corrected chi connectivity index (χ0v) is 11.3. The van der Waals surface area contributed by atoms with Crippen molar-refractivity contribution in [3.63, 3.8) is 0 Å². The van der Waals surface area contributed by atoms with Gasteiger partial charge in [0, 0.05) is 19.3 Å². The van der Waals surface area contributed by atoms with Gasteiger partial charge in [0.2, 0.25) is 0 Å². The van der Waals surface area contributed by atoms with Crippen LogP contribution in [-0.4, -0.2) is 17.0 Å². The molecule has 100 valence electrons. The highest BCUT2D eigenvalue weighted by atomic mass is 15.2. The lowest BCUT2D eigenvalue weighted by Crippen LogP contribution is -2.18. The summed E-state index contributed by atoms with van der Waals surface area (Å²) < 4.78 is 0. The lowest BCUT2D eigenvalue weighted by atomic mass is 10.2. The molecule has 0 fully saturated rings. The normalized spacial score (nSPS) is 10.7. The minimum atomic E-state index is 0.708. The number of aromatic nitrogens is 2. The molecule has 0 bridgehead atoms. The van der Waals surface area contributed by atoms with Crippen LogP contribution < -0.4 is 10.6 Å². The fraction of sp³-hybridized carbons (Fsp3) is 0.125. The summed E-state index contributed by atoms with van der Waals surface area (Å²) in [6, 6.07) is 15.7. The smallest absolute Gasteiger partial charge is 0.147 e. The van der Waals surface area contributed by atoms with E-state index in [0.717, 1.165) is 28.1 Å². The third kappa shape index (κ3) is 2.40. The Balaban J connectivity index is 1.89. The van der Waals surface area contributed by atoms with Crippen LogP contribution in [0.3, 0.4) is 0 Å². The maximum Gasteiger partial charge on any atom is 0.147 e. The Kier molecular flexibility index (Phi) is 3.21. The second-order valence-corrected chi connectivity index (χ2v) is 4.77. The van der Waals surface area contributed by atoms with Gasteiger partial charge in [-0.05, 0) is 23.8 Å². The van der Waals surface area contributed by atoms with E-state index in [4.69, 9.17) is 5.73 Å². The second-order valence-electron chi connectivity index (χ2n) is 4.77. The molecular formula is C16H16N4. The number of anilines is 2. The Hall–Kier alpha value is -2.62. The first kappa shape index (κ1) is 12.4. The quantitative estimate of drug-likeness (QED) is 0.739. The summed E-state index contributed by atoms with van der Waals surface area (Å²) in [4.78, 5) is 11.1. The molecule has 0 aliphatic carbocycles. The second kappa shape index (κ2) is 5.17. The molecule has 0 atom stereocenters. The van der Waals surface area contributed by atoms with Gasteiger partial charge in [-0.3, -0.25) is 4.98 Å². The van der Waals surface area contributed by atoms with Gasteiger partial charge in [0.15, 0.2) is 0 Å². The Morgan fingerprint density at radius 1 is 1.00 bits per heavy atom. The van der Waals surface area contributed by atoms with Crippen molar-refractivity contribution in [1.82, 2.24) is 9.97 Å². The summed E-state index contributed by atoms with van der Waals surface area (Å²) in [5.41, 5.74) is 9.67. The minimum Gasteiger partial charge on any atom is -0.398 e. The molecule has 0 saturated carbocycles. The van der Waals surface area contributed by atoms with Gasteiger partial charge in [-0.25, -0.2) is 4.98 Å². The maximum absolute atomic E-state index is 5.97. The van der Waals surface area contributed by atoms with E-state index >= 15 is 0 Å². The van der Waals surface area contributed by atoms with Crippen LogP contribution in [0.5, 0.6) is 0 Å². The van der Waals surface area contributed by atoms with Crippen molar-refractivity contribution < 1.29 is 0 Å². The molecule has 1 aromatic heterocycles. The molecule has 0 saturated heterocycles. The van der Waals surface area contributed by atoms with E-state index in [1.54, 1.807) is 6.20 Å². The van der Waals surface area contributed by atoms with Crippen molar-refractivity contribution in [3.05, 3.63) is 60.3 Å². The molecule has 3 rings (SSSR count). The van der Waals surface area contributed by atoms with Crippen LogP contribution in [0, 0.1) is 0 Å². The van der Waals surface area contributed by atoms with Crippen LogP contribution in [0.2, 0.25) is 0 Å². The minimum absolute atomic E-state index is 0.708. The average Bonchev–Trinajstić information content (AvgIpc) is 2.49. The van der Waals surface area contributed by atoms with E-state index in [0.29, 0.717) is 6.54 Å². The maximum atomic E-state index is 5.97. The van der Waals surface area contributed by atoms with Crippen molar-refractivity contribution in [2.24, 2.45) is 0 Å². The summed E-state index contributed by atoms with van der Waals surface area (Å²) in [7, 11) is 1.99. The fourth-order valence-electron chi connectivity index (χ4n) is 2.15. The Bertz CT molecular complexity index is 739. The summed E-state index contributed by atoms with van der Waals surface area (Å²) >= 11 is 0. The molecule has 0 unspecified atom stereocenters. The highest BCUT2D eigenvalue weighted by molar-refractivity contribution is 5.75. The highest BCUT2D eigenvalue weighted by Gasteiger charge is 2.07. The Morgan fingerprint density at radius 2 is 1.70 bits per heavy atom. The topological polar surface area (TPSA) is 55.0 Å². The number of rotatable bonds is 3. The molecule has 0 radical (unpaired) electrons. The zero-order chi connectivity index (χ0) is 13.9. The van der Waals surface area contributed by atoms with Crippen LogP contribution in [0.15, 0.2) is 54.7 Å². The Labute approximate surface area is 117 Å². The summed E-state index contributed by atoms with van der Waals surface area (Å²) in [5, 5.41) is 0. The zero-order valence-electron chi connectivity index (χ0n) is 11.3. The van der Waals surface area contributed by atoms with Crippen LogP contribution in [0.25, 0.3) is 11.0 Å². The number of fused-ring (bicyclic) bond motifs is 1.